The third-order valence-corrected chi connectivity index (χ3v) is 4.93. The maximum absolute atomic E-state index is 12.5. The summed E-state index contributed by atoms with van der Waals surface area (Å²) in [5, 5.41) is 0. The Morgan fingerprint density at radius 3 is 1.50 bits per heavy atom. The molecule has 3 aromatic rings. The lowest BCUT2D eigenvalue weighted by molar-refractivity contribution is 0.103. The number of carbonyl (C=O) groups is 1. The lowest BCUT2D eigenvalue weighted by atomic mass is 10.0. The minimum Gasteiger partial charge on any atom is -0.368 e. The van der Waals surface area contributed by atoms with Crippen molar-refractivity contribution in [3.8, 4) is 0 Å². The van der Waals surface area contributed by atoms with Gasteiger partial charge in [-0.1, -0.05) is 48.5 Å². The van der Waals surface area contributed by atoms with Gasteiger partial charge in [-0.15, -0.1) is 0 Å². The lowest BCUT2D eigenvalue weighted by Gasteiger charge is -2.37. The molecule has 1 heterocycles. The number of anilines is 2. The summed E-state index contributed by atoms with van der Waals surface area (Å²) in [6, 6.07) is 28.0. The predicted octanol–water partition coefficient (Wildman–Crippen LogP) is 4.24. The summed E-state index contributed by atoms with van der Waals surface area (Å²) in [4.78, 5) is 17.3. The number of hydrogen-bond donors (Lipinski definition) is 0. The maximum atomic E-state index is 12.5. The van der Waals surface area contributed by atoms with Crippen LogP contribution in [0, 0.1) is 0 Å². The minimum atomic E-state index is 0.0750. The van der Waals surface area contributed by atoms with E-state index < -0.39 is 0 Å². The molecule has 0 N–H and O–H groups in total. The highest BCUT2D eigenvalue weighted by atomic mass is 16.1. The van der Waals surface area contributed by atoms with Crippen LogP contribution in [0.2, 0.25) is 0 Å². The van der Waals surface area contributed by atoms with Crippen LogP contribution in [0.4, 0.5) is 11.4 Å². The molecule has 3 aromatic carbocycles. The first-order valence-electron chi connectivity index (χ1n) is 9.06. The van der Waals surface area contributed by atoms with Gasteiger partial charge in [-0.05, 0) is 36.4 Å². The van der Waals surface area contributed by atoms with E-state index in [1.165, 1.54) is 11.4 Å². The largest absolute Gasteiger partial charge is 0.368 e. The van der Waals surface area contributed by atoms with Crippen molar-refractivity contribution in [3.63, 3.8) is 0 Å². The summed E-state index contributed by atoms with van der Waals surface area (Å²) >= 11 is 0. The third kappa shape index (κ3) is 3.47. The Morgan fingerprint density at radius 1 is 0.538 bits per heavy atom. The average molecular weight is 342 g/mol. The minimum absolute atomic E-state index is 0.0750. The van der Waals surface area contributed by atoms with Crippen molar-refractivity contribution in [3.05, 3.63) is 96.1 Å². The Labute approximate surface area is 154 Å². The molecule has 130 valence electrons. The van der Waals surface area contributed by atoms with E-state index in [0.717, 1.165) is 37.3 Å². The van der Waals surface area contributed by atoms with E-state index in [9.17, 15) is 4.79 Å². The van der Waals surface area contributed by atoms with Gasteiger partial charge in [0.05, 0.1) is 0 Å². The summed E-state index contributed by atoms with van der Waals surface area (Å²) in [6.45, 7) is 3.99. The highest BCUT2D eigenvalue weighted by Gasteiger charge is 2.18. The molecule has 0 aromatic heterocycles. The molecule has 0 saturated carbocycles. The highest BCUT2D eigenvalue weighted by Crippen LogP contribution is 2.21. The number of ketones is 1. The van der Waals surface area contributed by atoms with E-state index in [-0.39, 0.29) is 5.78 Å². The van der Waals surface area contributed by atoms with Gasteiger partial charge in [0.15, 0.2) is 5.78 Å². The van der Waals surface area contributed by atoms with Gasteiger partial charge in [0.25, 0.3) is 0 Å². The standard InChI is InChI=1S/C23H22N2O/c26-23(19-7-3-1-4-8-19)20-11-13-22(14-12-20)25-17-15-24(16-18-25)21-9-5-2-6-10-21/h1-14H,15-18H2. The van der Waals surface area contributed by atoms with Gasteiger partial charge in [0.1, 0.15) is 0 Å². The summed E-state index contributed by atoms with van der Waals surface area (Å²) in [5.41, 5.74) is 3.94. The summed E-state index contributed by atoms with van der Waals surface area (Å²) in [5.74, 6) is 0.0750. The molecule has 0 aliphatic carbocycles. The molecule has 1 aliphatic heterocycles. The number of rotatable bonds is 4. The van der Waals surface area contributed by atoms with Crippen LogP contribution in [0.25, 0.3) is 0 Å². The fourth-order valence-corrected chi connectivity index (χ4v) is 3.44. The van der Waals surface area contributed by atoms with Crippen molar-refractivity contribution in [2.24, 2.45) is 0 Å². The fourth-order valence-electron chi connectivity index (χ4n) is 3.44. The normalized spacial score (nSPS) is 14.3. The van der Waals surface area contributed by atoms with E-state index in [1.807, 2.05) is 42.5 Å². The van der Waals surface area contributed by atoms with Crippen LogP contribution < -0.4 is 9.80 Å². The molecule has 26 heavy (non-hydrogen) atoms. The average Bonchev–Trinajstić information content (AvgIpc) is 2.75. The molecule has 3 nitrogen and oxygen atoms in total. The summed E-state index contributed by atoms with van der Waals surface area (Å²) in [7, 11) is 0. The maximum Gasteiger partial charge on any atom is 0.193 e. The van der Waals surface area contributed by atoms with Crippen LogP contribution in [-0.2, 0) is 0 Å². The monoisotopic (exact) mass is 342 g/mol. The van der Waals surface area contributed by atoms with Gasteiger partial charge in [0, 0.05) is 48.7 Å². The molecule has 3 heteroatoms. The molecule has 0 bridgehead atoms. The molecule has 0 radical (unpaired) electrons. The van der Waals surface area contributed by atoms with E-state index in [2.05, 4.69) is 52.3 Å². The molecule has 4 rings (SSSR count). The Hall–Kier alpha value is -3.07. The van der Waals surface area contributed by atoms with Crippen LogP contribution >= 0.6 is 0 Å². The second-order valence-corrected chi connectivity index (χ2v) is 6.55. The van der Waals surface area contributed by atoms with Gasteiger partial charge in [-0.2, -0.15) is 0 Å². The third-order valence-electron chi connectivity index (χ3n) is 4.93. The topological polar surface area (TPSA) is 23.6 Å². The molecule has 0 amide bonds. The number of para-hydroxylation sites is 1. The Bertz CT molecular complexity index is 852. The number of carbonyl (C=O) groups excluding carboxylic acids is 1. The Morgan fingerprint density at radius 2 is 0.962 bits per heavy atom. The van der Waals surface area contributed by atoms with Crippen molar-refractivity contribution in [1.29, 1.82) is 0 Å². The van der Waals surface area contributed by atoms with Crippen molar-refractivity contribution in [2.75, 3.05) is 36.0 Å². The first kappa shape index (κ1) is 16.4. The second-order valence-electron chi connectivity index (χ2n) is 6.55. The quantitative estimate of drug-likeness (QED) is 0.663. The number of piperazine rings is 1. The van der Waals surface area contributed by atoms with Crippen LogP contribution in [0.3, 0.4) is 0 Å². The second kappa shape index (κ2) is 7.44. The van der Waals surface area contributed by atoms with Crippen LogP contribution in [0.1, 0.15) is 15.9 Å². The van der Waals surface area contributed by atoms with Gasteiger partial charge in [-0.3, -0.25) is 4.79 Å². The number of hydrogen-bond acceptors (Lipinski definition) is 3. The molecule has 0 atom stereocenters. The van der Waals surface area contributed by atoms with E-state index in [0.29, 0.717) is 0 Å². The van der Waals surface area contributed by atoms with Crippen LogP contribution in [-0.4, -0.2) is 32.0 Å². The van der Waals surface area contributed by atoms with Crippen LogP contribution in [0.15, 0.2) is 84.9 Å². The molecule has 1 fully saturated rings. The first-order chi connectivity index (χ1) is 12.8. The molecule has 0 unspecified atom stereocenters. The molecule has 1 aliphatic rings. The van der Waals surface area contributed by atoms with Gasteiger partial charge < -0.3 is 9.80 Å². The Balaban J connectivity index is 1.41. The highest BCUT2D eigenvalue weighted by molar-refractivity contribution is 6.09. The van der Waals surface area contributed by atoms with Crippen molar-refractivity contribution >= 4 is 17.2 Å². The van der Waals surface area contributed by atoms with Crippen molar-refractivity contribution in [1.82, 2.24) is 0 Å². The van der Waals surface area contributed by atoms with E-state index >= 15 is 0 Å². The predicted molar refractivity (Wildman–Crippen MR) is 107 cm³/mol. The molecule has 0 spiro atoms. The van der Waals surface area contributed by atoms with Crippen LogP contribution in [0.5, 0.6) is 0 Å². The first-order valence-corrected chi connectivity index (χ1v) is 9.06. The molecular weight excluding hydrogens is 320 g/mol. The summed E-state index contributed by atoms with van der Waals surface area (Å²) in [6.07, 6.45) is 0. The number of nitrogens with zero attached hydrogens (tertiary/aromatic N) is 2. The lowest BCUT2D eigenvalue weighted by Crippen LogP contribution is -2.46. The van der Waals surface area contributed by atoms with Gasteiger partial charge in [-0.25, -0.2) is 0 Å². The van der Waals surface area contributed by atoms with Gasteiger partial charge >= 0.3 is 0 Å². The smallest absolute Gasteiger partial charge is 0.193 e. The molecule has 1 saturated heterocycles. The van der Waals surface area contributed by atoms with E-state index in [1.54, 1.807) is 0 Å². The fraction of sp³-hybridized carbons (Fsp3) is 0.174. The zero-order chi connectivity index (χ0) is 17.8. The zero-order valence-electron chi connectivity index (χ0n) is 14.7. The summed E-state index contributed by atoms with van der Waals surface area (Å²) < 4.78 is 0. The number of benzene rings is 3. The van der Waals surface area contributed by atoms with Crippen molar-refractivity contribution in [2.45, 2.75) is 0 Å². The molecular formula is C23H22N2O. The Kier molecular flexibility index (Phi) is 4.69. The SMILES string of the molecule is O=C(c1ccccc1)c1ccc(N2CCN(c3ccccc3)CC2)cc1. The zero-order valence-corrected chi connectivity index (χ0v) is 14.7. The van der Waals surface area contributed by atoms with E-state index in [4.69, 9.17) is 0 Å². The van der Waals surface area contributed by atoms with Crippen molar-refractivity contribution < 1.29 is 4.79 Å². The van der Waals surface area contributed by atoms with Gasteiger partial charge in [0.2, 0.25) is 0 Å².